The molecular formula is C26H24F4N2O. The quantitative estimate of drug-likeness (QED) is 0.478. The van der Waals surface area contributed by atoms with Crippen LogP contribution in [0.5, 0.6) is 0 Å². The molecule has 1 saturated heterocycles. The van der Waals surface area contributed by atoms with Crippen molar-refractivity contribution in [3.05, 3.63) is 95.3 Å². The summed E-state index contributed by atoms with van der Waals surface area (Å²) in [6.07, 6.45) is -3.48. The molecule has 3 aromatic rings. The van der Waals surface area contributed by atoms with Crippen LogP contribution < -0.4 is 5.32 Å². The fourth-order valence-electron chi connectivity index (χ4n) is 4.13. The second-order valence-electron chi connectivity index (χ2n) is 8.36. The fourth-order valence-corrected chi connectivity index (χ4v) is 4.13. The zero-order valence-corrected chi connectivity index (χ0v) is 17.9. The van der Waals surface area contributed by atoms with Gasteiger partial charge in [-0.2, -0.15) is 13.2 Å². The van der Waals surface area contributed by atoms with Crippen LogP contribution >= 0.6 is 0 Å². The SMILES string of the molecule is O=C(NC[C@H]1CCN(Cc2ccccc2)C1)c1cc(-c2ccc(C(F)(F)F)cc2)ccc1F. The summed E-state index contributed by atoms with van der Waals surface area (Å²) in [6, 6.07) is 18.7. The molecule has 3 nitrogen and oxygen atoms in total. The van der Waals surface area contributed by atoms with Crippen LogP contribution in [0.25, 0.3) is 11.1 Å². The van der Waals surface area contributed by atoms with Crippen LogP contribution in [0.2, 0.25) is 0 Å². The van der Waals surface area contributed by atoms with Gasteiger partial charge in [-0.1, -0.05) is 48.5 Å². The minimum atomic E-state index is -4.43. The number of carbonyl (C=O) groups excluding carboxylic acids is 1. The Labute approximate surface area is 190 Å². The Morgan fingerprint density at radius 2 is 1.67 bits per heavy atom. The molecule has 0 radical (unpaired) electrons. The van der Waals surface area contributed by atoms with Gasteiger partial charge in [0.2, 0.25) is 0 Å². The number of likely N-dealkylation sites (tertiary alicyclic amines) is 1. The molecule has 1 N–H and O–H groups in total. The van der Waals surface area contributed by atoms with Crippen LogP contribution in [0, 0.1) is 11.7 Å². The molecule has 0 aromatic heterocycles. The number of alkyl halides is 3. The van der Waals surface area contributed by atoms with Crippen molar-refractivity contribution in [2.24, 2.45) is 5.92 Å². The molecule has 1 fully saturated rings. The average molecular weight is 456 g/mol. The van der Waals surface area contributed by atoms with Crippen LogP contribution in [-0.2, 0) is 12.7 Å². The van der Waals surface area contributed by atoms with Gasteiger partial charge in [-0.3, -0.25) is 9.69 Å². The summed E-state index contributed by atoms with van der Waals surface area (Å²) in [5, 5.41) is 2.82. The smallest absolute Gasteiger partial charge is 0.352 e. The standard InChI is InChI=1S/C26H24F4N2O/c27-24-11-8-21(20-6-9-22(10-7-20)26(28,29)30)14-23(24)25(33)31-15-19-12-13-32(17-19)16-18-4-2-1-3-5-18/h1-11,14,19H,12-13,15-17H2,(H,31,33)/t19-/m1/s1. The molecule has 0 saturated carbocycles. The van der Waals surface area contributed by atoms with E-state index in [1.807, 2.05) is 18.2 Å². The van der Waals surface area contributed by atoms with E-state index in [-0.39, 0.29) is 11.5 Å². The molecule has 1 aliphatic heterocycles. The number of nitrogens with one attached hydrogen (secondary N) is 1. The van der Waals surface area contributed by atoms with Crippen molar-refractivity contribution in [2.45, 2.75) is 19.1 Å². The van der Waals surface area contributed by atoms with E-state index in [0.717, 1.165) is 38.2 Å². The number of amides is 1. The van der Waals surface area contributed by atoms with Crippen molar-refractivity contribution >= 4 is 5.91 Å². The first-order valence-corrected chi connectivity index (χ1v) is 10.8. The van der Waals surface area contributed by atoms with Crippen molar-refractivity contribution in [3.8, 4) is 11.1 Å². The van der Waals surface area contributed by atoms with Crippen LogP contribution in [0.1, 0.15) is 27.9 Å². The van der Waals surface area contributed by atoms with E-state index in [9.17, 15) is 22.4 Å². The zero-order valence-electron chi connectivity index (χ0n) is 17.9. The third-order valence-corrected chi connectivity index (χ3v) is 5.93. The van der Waals surface area contributed by atoms with Gasteiger partial charge in [0.05, 0.1) is 11.1 Å². The summed E-state index contributed by atoms with van der Waals surface area (Å²) < 4.78 is 52.7. The molecule has 4 rings (SSSR count). The number of nitrogens with zero attached hydrogens (tertiary/aromatic N) is 1. The van der Waals surface area contributed by atoms with Crippen molar-refractivity contribution in [2.75, 3.05) is 19.6 Å². The molecule has 1 amide bonds. The van der Waals surface area contributed by atoms with Crippen molar-refractivity contribution < 1.29 is 22.4 Å². The predicted molar refractivity (Wildman–Crippen MR) is 119 cm³/mol. The Hall–Kier alpha value is -3.19. The number of halogens is 4. The van der Waals surface area contributed by atoms with Crippen LogP contribution in [-0.4, -0.2) is 30.4 Å². The largest absolute Gasteiger partial charge is 0.416 e. The molecule has 1 atom stereocenters. The zero-order chi connectivity index (χ0) is 23.4. The Bertz CT molecular complexity index is 1100. The van der Waals surface area contributed by atoms with Crippen LogP contribution in [0.3, 0.4) is 0 Å². The first kappa shape index (κ1) is 23.0. The summed E-state index contributed by atoms with van der Waals surface area (Å²) in [5.41, 5.74) is 1.31. The molecule has 0 aliphatic carbocycles. The van der Waals surface area contributed by atoms with Crippen molar-refractivity contribution in [3.63, 3.8) is 0 Å². The van der Waals surface area contributed by atoms with Gasteiger partial charge in [-0.05, 0) is 59.8 Å². The highest BCUT2D eigenvalue weighted by atomic mass is 19.4. The van der Waals surface area contributed by atoms with Gasteiger partial charge in [0.15, 0.2) is 0 Å². The van der Waals surface area contributed by atoms with Gasteiger partial charge < -0.3 is 5.32 Å². The number of benzene rings is 3. The maximum Gasteiger partial charge on any atom is 0.416 e. The van der Waals surface area contributed by atoms with Gasteiger partial charge >= 0.3 is 6.18 Å². The lowest BCUT2D eigenvalue weighted by Gasteiger charge is -2.16. The van der Waals surface area contributed by atoms with E-state index in [0.29, 0.717) is 17.7 Å². The normalized spacial score (nSPS) is 16.7. The van der Waals surface area contributed by atoms with Gasteiger partial charge in [0.1, 0.15) is 5.82 Å². The third kappa shape index (κ3) is 5.79. The molecule has 1 heterocycles. The number of hydrogen-bond donors (Lipinski definition) is 1. The van der Waals surface area contributed by atoms with E-state index in [2.05, 4.69) is 22.3 Å². The average Bonchev–Trinajstić information content (AvgIpc) is 3.25. The molecule has 3 aromatic carbocycles. The molecule has 0 unspecified atom stereocenters. The maximum atomic E-state index is 14.3. The number of hydrogen-bond acceptors (Lipinski definition) is 2. The highest BCUT2D eigenvalue weighted by Crippen LogP contribution is 2.31. The molecule has 33 heavy (non-hydrogen) atoms. The molecule has 172 valence electrons. The number of rotatable bonds is 6. The summed E-state index contributed by atoms with van der Waals surface area (Å²) in [4.78, 5) is 15.0. The highest BCUT2D eigenvalue weighted by Gasteiger charge is 2.30. The predicted octanol–water partition coefficient (Wildman–Crippen LogP) is 5.76. The van der Waals surface area contributed by atoms with Gasteiger partial charge in [0, 0.05) is 19.6 Å². The molecule has 7 heteroatoms. The van der Waals surface area contributed by atoms with E-state index in [4.69, 9.17) is 0 Å². The maximum absolute atomic E-state index is 14.3. The summed E-state index contributed by atoms with van der Waals surface area (Å²) in [5.74, 6) is -0.915. The van der Waals surface area contributed by atoms with E-state index in [1.165, 1.54) is 35.9 Å². The highest BCUT2D eigenvalue weighted by molar-refractivity contribution is 5.95. The monoisotopic (exact) mass is 456 g/mol. The molecular weight excluding hydrogens is 432 g/mol. The fraction of sp³-hybridized carbons (Fsp3) is 0.269. The Kier molecular flexibility index (Phi) is 6.79. The second-order valence-corrected chi connectivity index (χ2v) is 8.36. The summed E-state index contributed by atoms with van der Waals surface area (Å²) in [6.45, 7) is 3.08. The minimum absolute atomic E-state index is 0.119. The Morgan fingerprint density at radius 3 is 2.36 bits per heavy atom. The van der Waals surface area contributed by atoms with Crippen LogP contribution in [0.4, 0.5) is 17.6 Å². The number of carbonyl (C=O) groups is 1. The second kappa shape index (κ2) is 9.75. The summed E-state index contributed by atoms with van der Waals surface area (Å²) in [7, 11) is 0. The third-order valence-electron chi connectivity index (χ3n) is 5.93. The minimum Gasteiger partial charge on any atom is -0.352 e. The lowest BCUT2D eigenvalue weighted by Crippen LogP contribution is -2.31. The molecule has 1 aliphatic rings. The molecule has 0 spiro atoms. The summed E-state index contributed by atoms with van der Waals surface area (Å²) >= 11 is 0. The van der Waals surface area contributed by atoms with E-state index in [1.54, 1.807) is 0 Å². The van der Waals surface area contributed by atoms with Gasteiger partial charge in [-0.25, -0.2) is 4.39 Å². The van der Waals surface area contributed by atoms with E-state index < -0.39 is 23.5 Å². The van der Waals surface area contributed by atoms with Gasteiger partial charge in [0.25, 0.3) is 5.91 Å². The van der Waals surface area contributed by atoms with Crippen LogP contribution in [0.15, 0.2) is 72.8 Å². The van der Waals surface area contributed by atoms with E-state index >= 15 is 0 Å². The molecule has 0 bridgehead atoms. The first-order valence-electron chi connectivity index (χ1n) is 10.8. The van der Waals surface area contributed by atoms with Gasteiger partial charge in [-0.15, -0.1) is 0 Å². The van der Waals surface area contributed by atoms with Crippen molar-refractivity contribution in [1.29, 1.82) is 0 Å². The van der Waals surface area contributed by atoms with Crippen molar-refractivity contribution in [1.82, 2.24) is 10.2 Å². The lowest BCUT2D eigenvalue weighted by atomic mass is 10.0. The Balaban J connectivity index is 1.36. The Morgan fingerprint density at radius 1 is 0.970 bits per heavy atom. The topological polar surface area (TPSA) is 32.3 Å². The first-order chi connectivity index (χ1) is 15.8. The lowest BCUT2D eigenvalue weighted by molar-refractivity contribution is -0.137.